The molecule has 3 aromatic carbocycles. The van der Waals surface area contributed by atoms with Gasteiger partial charge in [-0.25, -0.2) is 0 Å². The van der Waals surface area contributed by atoms with Crippen LogP contribution in [0.3, 0.4) is 0 Å². The van der Waals surface area contributed by atoms with Crippen molar-refractivity contribution >= 4 is 68.0 Å². The summed E-state index contributed by atoms with van der Waals surface area (Å²) in [6.45, 7) is 7.47. The van der Waals surface area contributed by atoms with Crippen LogP contribution >= 0.6 is 47.8 Å². The molecular weight excluding hydrogens is 827 g/mol. The fraction of sp³-hybridized carbons (Fsp3) is 0.419. The largest absolute Gasteiger partial charge is 1.00 e. The second kappa shape index (κ2) is 22.2. The van der Waals surface area contributed by atoms with Gasteiger partial charge in [-0.05, 0) is 85.3 Å². The van der Waals surface area contributed by atoms with E-state index in [0.717, 1.165) is 35.6 Å². The van der Waals surface area contributed by atoms with Crippen molar-refractivity contribution in [3.8, 4) is 11.5 Å². The third-order valence-electron chi connectivity index (χ3n) is 5.60. The molecule has 8 nitrogen and oxygen atoms in total. The molecule has 0 amide bonds. The van der Waals surface area contributed by atoms with E-state index in [2.05, 4.69) is 94.3 Å². The van der Waals surface area contributed by atoms with E-state index in [1.54, 1.807) is 12.1 Å². The van der Waals surface area contributed by atoms with Gasteiger partial charge in [-0.3, -0.25) is 8.37 Å². The summed E-state index contributed by atoms with van der Waals surface area (Å²) in [6.07, 6.45) is 3.11. The van der Waals surface area contributed by atoms with Crippen molar-refractivity contribution in [2.24, 2.45) is 5.92 Å². The van der Waals surface area contributed by atoms with E-state index in [9.17, 15) is 21.9 Å². The summed E-state index contributed by atoms with van der Waals surface area (Å²) in [4.78, 5) is 0. The van der Waals surface area contributed by atoms with Crippen molar-refractivity contribution in [3.05, 3.63) is 91.8 Å². The maximum atomic E-state index is 10.7. The minimum Gasteiger partial charge on any atom is -0.872 e. The molecule has 45 heavy (non-hydrogen) atoms. The van der Waals surface area contributed by atoms with Crippen LogP contribution in [-0.2, 0) is 35.0 Å². The van der Waals surface area contributed by atoms with Crippen LogP contribution in [0.15, 0.2) is 86.2 Å². The third kappa shape index (κ3) is 21.9. The van der Waals surface area contributed by atoms with Gasteiger partial charge in [0, 0.05) is 15.4 Å². The van der Waals surface area contributed by atoms with Crippen LogP contribution in [0, 0.1) is 5.92 Å². The Labute approximate surface area is 316 Å². The molecule has 4 atom stereocenters. The Hall–Kier alpha value is -0.480. The number of para-hydroxylation sites is 2. The van der Waals surface area contributed by atoms with E-state index >= 15 is 0 Å². The molecule has 0 saturated heterocycles. The SMILES string of the molecule is C[C@H](C[C@H](C)OS(C)(=O)=O)OS(C)(=O)=O.C[C@H](Cc1ccccc1Br)C[C@H](C)Oc1ccccc1Br.[Na+].[O-]c1ccccc1Br. The minimum atomic E-state index is -3.52. The molecule has 0 fully saturated rings. The normalized spacial score (nSPS) is 13.8. The Morgan fingerprint density at radius 3 is 1.51 bits per heavy atom. The Bertz CT molecular complexity index is 1400. The second-order valence-electron chi connectivity index (χ2n) is 10.4. The topological polar surface area (TPSA) is 119 Å². The van der Waals surface area contributed by atoms with Gasteiger partial charge in [-0.2, -0.15) is 16.8 Å². The van der Waals surface area contributed by atoms with E-state index in [1.165, 1.54) is 30.0 Å². The standard InChI is InChI=1S/C18H20Br2O.C7H16O6S2.C6H5BrO.Na/c1-13(12-15-7-3-4-8-16(15)19)11-14(2)21-18-10-6-5-9-17(18)20;1-6(12-14(3,8)9)5-7(2)13-15(4,10)11;7-5-3-1-2-4-6(5)8;/h3-10,13-14H,11-12H2,1-2H3;6-7H,5H2,1-4H3;1-4,8H;/q;;;+1/p-1/t13-,14-;6-,7+;;/m0.../s1. The third-order valence-corrected chi connectivity index (χ3v) is 9.04. The molecule has 0 unspecified atom stereocenters. The van der Waals surface area contributed by atoms with Gasteiger partial charge in [0.15, 0.2) is 0 Å². The zero-order chi connectivity index (χ0) is 33.5. The van der Waals surface area contributed by atoms with Gasteiger partial charge < -0.3 is 9.84 Å². The van der Waals surface area contributed by atoms with Crippen LogP contribution < -0.4 is 39.4 Å². The van der Waals surface area contributed by atoms with Gasteiger partial charge >= 0.3 is 29.6 Å². The predicted octanol–water partition coefficient (Wildman–Crippen LogP) is 4.88. The summed E-state index contributed by atoms with van der Waals surface area (Å²) in [5.41, 5.74) is 1.36. The van der Waals surface area contributed by atoms with Gasteiger partial charge in [0.05, 0.1) is 35.3 Å². The fourth-order valence-corrected chi connectivity index (χ4v) is 6.54. The van der Waals surface area contributed by atoms with E-state index in [0.29, 0.717) is 10.4 Å². The van der Waals surface area contributed by atoms with Gasteiger partial charge in [0.2, 0.25) is 0 Å². The smallest absolute Gasteiger partial charge is 0.872 e. The van der Waals surface area contributed by atoms with Crippen molar-refractivity contribution in [2.75, 3.05) is 12.5 Å². The minimum absolute atomic E-state index is 0. The molecule has 0 aliphatic carbocycles. The molecule has 0 spiro atoms. The van der Waals surface area contributed by atoms with E-state index in [-0.39, 0.29) is 47.8 Å². The number of benzene rings is 3. The maximum Gasteiger partial charge on any atom is 1.00 e. The number of ether oxygens (including phenoxy) is 1. The molecule has 0 saturated carbocycles. The quantitative estimate of drug-likeness (QED) is 0.187. The maximum absolute atomic E-state index is 10.7. The average molecular weight is 867 g/mol. The van der Waals surface area contributed by atoms with Crippen molar-refractivity contribution in [2.45, 2.75) is 65.3 Å². The molecular formula is C31H40Br3NaO8S2. The summed E-state index contributed by atoms with van der Waals surface area (Å²) >= 11 is 10.2. The van der Waals surface area contributed by atoms with E-state index < -0.39 is 32.4 Å². The van der Waals surface area contributed by atoms with Crippen molar-refractivity contribution in [3.63, 3.8) is 0 Å². The number of hydrogen-bond donors (Lipinski definition) is 0. The van der Waals surface area contributed by atoms with Gasteiger partial charge in [-0.1, -0.05) is 93.1 Å². The second-order valence-corrected chi connectivity index (χ2v) is 16.1. The molecule has 0 aliphatic rings. The zero-order valence-electron chi connectivity index (χ0n) is 26.6. The summed E-state index contributed by atoms with van der Waals surface area (Å²) in [5, 5.41) is 10.6. The van der Waals surface area contributed by atoms with Crippen LogP contribution in [0.2, 0.25) is 0 Å². The van der Waals surface area contributed by atoms with Gasteiger partial charge in [0.1, 0.15) is 5.75 Å². The summed E-state index contributed by atoms with van der Waals surface area (Å²) < 4.78 is 61.0. The van der Waals surface area contributed by atoms with E-state index in [1.807, 2.05) is 30.3 Å². The molecule has 3 aromatic rings. The Kier molecular flexibility index (Phi) is 22.0. The van der Waals surface area contributed by atoms with Crippen LogP contribution in [0.1, 0.15) is 46.1 Å². The first kappa shape index (κ1) is 44.5. The van der Waals surface area contributed by atoms with Gasteiger partial charge in [0.25, 0.3) is 20.2 Å². The molecule has 0 bridgehead atoms. The summed E-state index contributed by atoms with van der Waals surface area (Å²) in [6, 6.07) is 23.2. The average Bonchev–Trinajstić information content (AvgIpc) is 2.87. The summed E-state index contributed by atoms with van der Waals surface area (Å²) in [7, 11) is -7.04. The molecule has 14 heteroatoms. The van der Waals surface area contributed by atoms with Crippen LogP contribution in [0.4, 0.5) is 0 Å². The number of halogens is 3. The first-order valence-electron chi connectivity index (χ1n) is 13.7. The van der Waals surface area contributed by atoms with Crippen LogP contribution in [-0.4, -0.2) is 47.7 Å². The Balaban J connectivity index is 0.000000704. The Morgan fingerprint density at radius 1 is 0.644 bits per heavy atom. The number of hydrogen-bond acceptors (Lipinski definition) is 8. The fourth-order valence-electron chi connectivity index (χ4n) is 4.08. The first-order chi connectivity index (χ1) is 20.4. The van der Waals surface area contributed by atoms with Crippen molar-refractivity contribution < 1.29 is 64.6 Å². The Morgan fingerprint density at radius 2 is 1.09 bits per heavy atom. The zero-order valence-corrected chi connectivity index (χ0v) is 35.0. The monoisotopic (exact) mass is 864 g/mol. The predicted molar refractivity (Wildman–Crippen MR) is 185 cm³/mol. The van der Waals surface area contributed by atoms with Crippen LogP contribution in [0.5, 0.6) is 11.5 Å². The van der Waals surface area contributed by atoms with Crippen molar-refractivity contribution in [1.82, 2.24) is 0 Å². The summed E-state index contributed by atoms with van der Waals surface area (Å²) in [5.74, 6) is 1.52. The molecule has 0 aliphatic heterocycles. The van der Waals surface area contributed by atoms with Crippen LogP contribution in [0.25, 0.3) is 0 Å². The molecule has 0 radical (unpaired) electrons. The molecule has 0 N–H and O–H groups in total. The number of rotatable bonds is 12. The molecule has 3 rings (SSSR count). The van der Waals surface area contributed by atoms with Crippen molar-refractivity contribution in [1.29, 1.82) is 0 Å². The van der Waals surface area contributed by atoms with Gasteiger partial charge in [-0.15, -0.1) is 0 Å². The first-order valence-corrected chi connectivity index (χ1v) is 19.7. The van der Waals surface area contributed by atoms with E-state index in [4.69, 9.17) is 4.74 Å². The molecule has 0 heterocycles. The molecule has 0 aromatic heterocycles. The molecule has 246 valence electrons.